The average Bonchev–Trinajstić information content (AvgIpc) is 3.06. The van der Waals surface area contributed by atoms with Crippen LogP contribution in [0.3, 0.4) is 0 Å². The molecule has 0 bridgehead atoms. The van der Waals surface area contributed by atoms with Crippen LogP contribution in [0.5, 0.6) is 11.5 Å². The molecule has 33 heavy (non-hydrogen) atoms. The van der Waals surface area contributed by atoms with Gasteiger partial charge in [-0.2, -0.15) is 0 Å². The van der Waals surface area contributed by atoms with Gasteiger partial charge in [0.15, 0.2) is 11.6 Å². The van der Waals surface area contributed by atoms with Crippen molar-refractivity contribution in [3.05, 3.63) is 94.6 Å². The van der Waals surface area contributed by atoms with Crippen LogP contribution in [0.25, 0.3) is 5.76 Å². The highest BCUT2D eigenvalue weighted by Crippen LogP contribution is 2.43. The zero-order chi connectivity index (χ0) is 23.9. The number of amides is 1. The monoisotopic (exact) mass is 451 g/mol. The molecular formula is C25H19F2NO5. The molecule has 1 unspecified atom stereocenters. The highest BCUT2D eigenvalue weighted by molar-refractivity contribution is 6.51. The molecule has 1 atom stereocenters. The molecular weight excluding hydrogens is 432 g/mol. The zero-order valence-corrected chi connectivity index (χ0v) is 17.7. The minimum absolute atomic E-state index is 0.0467. The fraction of sp³-hybridized carbons (Fsp3) is 0.120. The van der Waals surface area contributed by atoms with Gasteiger partial charge in [0.05, 0.1) is 18.7 Å². The molecule has 1 fully saturated rings. The van der Waals surface area contributed by atoms with Crippen molar-refractivity contribution in [2.45, 2.75) is 13.0 Å². The van der Waals surface area contributed by atoms with Gasteiger partial charge in [-0.1, -0.05) is 12.1 Å². The molecule has 2 N–H and O–H groups in total. The molecule has 1 amide bonds. The summed E-state index contributed by atoms with van der Waals surface area (Å²) in [5.74, 6) is -4.21. The van der Waals surface area contributed by atoms with Crippen molar-refractivity contribution in [3.63, 3.8) is 0 Å². The summed E-state index contributed by atoms with van der Waals surface area (Å²) in [5, 5.41) is 20.8. The van der Waals surface area contributed by atoms with Crippen LogP contribution in [-0.4, -0.2) is 29.0 Å². The van der Waals surface area contributed by atoms with Crippen LogP contribution in [0.15, 0.2) is 66.2 Å². The number of nitrogens with zero attached hydrogens (tertiary/aromatic N) is 1. The minimum atomic E-state index is -1.19. The first-order valence-corrected chi connectivity index (χ1v) is 9.93. The number of phenolic OH excluding ortho intramolecular Hbond substituents is 1. The summed E-state index contributed by atoms with van der Waals surface area (Å²) in [7, 11) is 1.49. The van der Waals surface area contributed by atoms with E-state index in [0.29, 0.717) is 22.4 Å². The zero-order valence-electron chi connectivity index (χ0n) is 17.7. The first-order valence-electron chi connectivity index (χ1n) is 9.93. The van der Waals surface area contributed by atoms with E-state index in [2.05, 4.69) is 0 Å². The van der Waals surface area contributed by atoms with E-state index in [1.165, 1.54) is 37.4 Å². The second-order valence-corrected chi connectivity index (χ2v) is 7.54. The number of aromatic hydroxyl groups is 1. The van der Waals surface area contributed by atoms with Gasteiger partial charge in [0, 0.05) is 17.3 Å². The quantitative estimate of drug-likeness (QED) is 0.344. The number of benzene rings is 3. The van der Waals surface area contributed by atoms with Crippen LogP contribution < -0.4 is 9.64 Å². The minimum Gasteiger partial charge on any atom is -0.508 e. The predicted molar refractivity (Wildman–Crippen MR) is 117 cm³/mol. The number of hydrogen-bond acceptors (Lipinski definition) is 5. The van der Waals surface area contributed by atoms with Crippen molar-refractivity contribution in [1.82, 2.24) is 0 Å². The Kier molecular flexibility index (Phi) is 5.59. The standard InChI is InChI=1S/C25H19F2NO5/c1-13-11-17(33-2)8-9-18(13)23(30)21-22(14-3-6-16(29)7-4-14)28(25(32)24(21)31)15-5-10-19(26)20(27)12-15/h3-12,22,29-30H,1-2H3/b23-21+. The van der Waals surface area contributed by atoms with Crippen LogP contribution in [0.4, 0.5) is 14.5 Å². The third kappa shape index (κ3) is 3.80. The second kappa shape index (κ2) is 8.38. The normalized spacial score (nSPS) is 17.5. The number of carbonyl (C=O) groups is 2. The van der Waals surface area contributed by atoms with E-state index in [-0.39, 0.29) is 17.0 Å². The number of halogens is 2. The summed E-state index contributed by atoms with van der Waals surface area (Å²) in [4.78, 5) is 27.1. The summed E-state index contributed by atoms with van der Waals surface area (Å²) in [6, 6.07) is 12.2. The third-order valence-electron chi connectivity index (χ3n) is 5.52. The first kappa shape index (κ1) is 22.0. The van der Waals surface area contributed by atoms with E-state index in [1.54, 1.807) is 25.1 Å². The Bertz CT molecular complexity index is 1300. The molecule has 1 aliphatic heterocycles. The Labute approximate surface area is 188 Å². The molecule has 0 spiro atoms. The highest BCUT2D eigenvalue weighted by Gasteiger charge is 2.47. The molecule has 168 valence electrons. The number of carbonyl (C=O) groups excluding carboxylic acids is 2. The van der Waals surface area contributed by atoms with Gasteiger partial charge in [-0.05, 0) is 60.5 Å². The van der Waals surface area contributed by atoms with Gasteiger partial charge in [0.2, 0.25) is 0 Å². The van der Waals surface area contributed by atoms with Gasteiger partial charge in [-0.25, -0.2) is 8.78 Å². The molecule has 3 aromatic carbocycles. The number of phenols is 1. The van der Waals surface area contributed by atoms with Gasteiger partial charge < -0.3 is 14.9 Å². The van der Waals surface area contributed by atoms with E-state index in [4.69, 9.17) is 4.74 Å². The first-order chi connectivity index (χ1) is 15.7. The summed E-state index contributed by atoms with van der Waals surface area (Å²) < 4.78 is 32.7. The number of ether oxygens (including phenoxy) is 1. The topological polar surface area (TPSA) is 87.1 Å². The number of methoxy groups -OCH3 is 1. The van der Waals surface area contributed by atoms with E-state index >= 15 is 0 Å². The lowest BCUT2D eigenvalue weighted by atomic mass is 9.93. The third-order valence-corrected chi connectivity index (χ3v) is 5.52. The molecule has 3 aromatic rings. The Hall–Kier alpha value is -4.20. The van der Waals surface area contributed by atoms with Crippen molar-refractivity contribution >= 4 is 23.1 Å². The maximum Gasteiger partial charge on any atom is 0.300 e. The van der Waals surface area contributed by atoms with Gasteiger partial charge in [-0.15, -0.1) is 0 Å². The Morgan fingerprint density at radius 2 is 1.67 bits per heavy atom. The molecule has 8 heteroatoms. The molecule has 6 nitrogen and oxygen atoms in total. The van der Waals surface area contributed by atoms with Crippen molar-refractivity contribution in [2.75, 3.05) is 12.0 Å². The Morgan fingerprint density at radius 1 is 0.970 bits per heavy atom. The van der Waals surface area contributed by atoms with Crippen LogP contribution >= 0.6 is 0 Å². The molecule has 4 rings (SSSR count). The van der Waals surface area contributed by atoms with Crippen molar-refractivity contribution in [1.29, 1.82) is 0 Å². The number of aliphatic hydroxyl groups excluding tert-OH is 1. The SMILES string of the molecule is COc1ccc(/C(O)=C2\C(=O)C(=O)N(c3ccc(F)c(F)c3)C2c2ccc(O)cc2)c(C)c1. The summed E-state index contributed by atoms with van der Waals surface area (Å²) in [6.45, 7) is 1.71. The number of rotatable bonds is 4. The number of Topliss-reactive ketones (excluding diaryl/α,β-unsaturated/α-hetero) is 1. The van der Waals surface area contributed by atoms with Crippen molar-refractivity contribution in [3.8, 4) is 11.5 Å². The lowest BCUT2D eigenvalue weighted by Gasteiger charge is -2.25. The van der Waals surface area contributed by atoms with Gasteiger partial charge >= 0.3 is 0 Å². The smallest absolute Gasteiger partial charge is 0.300 e. The largest absolute Gasteiger partial charge is 0.508 e. The van der Waals surface area contributed by atoms with Gasteiger partial charge in [0.25, 0.3) is 11.7 Å². The number of hydrogen-bond donors (Lipinski definition) is 2. The molecule has 0 radical (unpaired) electrons. The fourth-order valence-electron chi connectivity index (χ4n) is 3.88. The van der Waals surface area contributed by atoms with Crippen LogP contribution in [0, 0.1) is 18.6 Å². The summed E-state index contributed by atoms with van der Waals surface area (Å²) in [6.07, 6.45) is 0. The van der Waals surface area contributed by atoms with Gasteiger partial charge in [-0.3, -0.25) is 14.5 Å². The summed E-state index contributed by atoms with van der Waals surface area (Å²) >= 11 is 0. The number of ketones is 1. The fourth-order valence-corrected chi connectivity index (χ4v) is 3.88. The molecule has 1 saturated heterocycles. The van der Waals surface area contributed by atoms with Gasteiger partial charge in [0.1, 0.15) is 17.3 Å². The van der Waals surface area contributed by atoms with Crippen molar-refractivity contribution < 1.29 is 33.3 Å². The molecule has 0 aliphatic carbocycles. The number of aliphatic hydroxyl groups is 1. The van der Waals surface area contributed by atoms with E-state index in [1.807, 2.05) is 0 Å². The van der Waals surface area contributed by atoms with Crippen LogP contribution in [0.2, 0.25) is 0 Å². The maximum absolute atomic E-state index is 14.0. The average molecular weight is 451 g/mol. The number of aryl methyl sites for hydroxylation is 1. The van der Waals surface area contributed by atoms with Crippen LogP contribution in [-0.2, 0) is 9.59 Å². The molecule has 1 aliphatic rings. The summed E-state index contributed by atoms with van der Waals surface area (Å²) in [5.41, 5.74) is 1.01. The van der Waals surface area contributed by atoms with Crippen molar-refractivity contribution in [2.24, 2.45) is 0 Å². The van der Waals surface area contributed by atoms with Crippen LogP contribution in [0.1, 0.15) is 22.7 Å². The number of anilines is 1. The van der Waals surface area contributed by atoms with E-state index in [9.17, 15) is 28.6 Å². The lowest BCUT2D eigenvalue weighted by Crippen LogP contribution is -2.29. The van der Waals surface area contributed by atoms with E-state index < -0.39 is 35.1 Å². The predicted octanol–water partition coefficient (Wildman–Crippen LogP) is 4.61. The molecule has 0 aromatic heterocycles. The maximum atomic E-state index is 14.0. The Balaban J connectivity index is 1.96. The molecule has 0 saturated carbocycles. The molecule has 1 heterocycles. The van der Waals surface area contributed by atoms with E-state index in [0.717, 1.165) is 17.0 Å². The second-order valence-electron chi connectivity index (χ2n) is 7.54. The highest BCUT2D eigenvalue weighted by atomic mass is 19.2. The lowest BCUT2D eigenvalue weighted by molar-refractivity contribution is -0.132. The Morgan fingerprint density at radius 3 is 2.27 bits per heavy atom.